The third-order valence-electron chi connectivity index (χ3n) is 3.65. The van der Waals surface area contributed by atoms with E-state index in [4.69, 9.17) is 14.6 Å². The molecule has 0 spiro atoms. The Bertz CT molecular complexity index is 1000. The predicted octanol–water partition coefficient (Wildman–Crippen LogP) is 3.92. The summed E-state index contributed by atoms with van der Waals surface area (Å²) in [6, 6.07) is 13.9. The van der Waals surface area contributed by atoms with Gasteiger partial charge in [-0.1, -0.05) is 36.4 Å². The number of rotatable bonds is 2. The molecule has 5 nitrogen and oxygen atoms in total. The van der Waals surface area contributed by atoms with Crippen molar-refractivity contribution < 1.29 is 13.9 Å². The van der Waals surface area contributed by atoms with Crippen LogP contribution in [0.1, 0.15) is 22.8 Å². The summed E-state index contributed by atoms with van der Waals surface area (Å²) in [6.45, 7) is 3.05. The molecule has 0 aliphatic carbocycles. The second kappa shape index (κ2) is 6.12. The molecule has 0 radical (unpaired) electrons. The molecule has 2 aromatic carbocycles. The highest BCUT2D eigenvalue weighted by Crippen LogP contribution is 2.27. The minimum atomic E-state index is -0.723. The van der Waals surface area contributed by atoms with Crippen LogP contribution in [0.5, 0.6) is 0 Å². The SMILES string of the molecule is CC(=N)OC(=O)c1cccc2c(=O)c(C)c(-c3ccccc3)oc12. The van der Waals surface area contributed by atoms with E-state index in [1.165, 1.54) is 13.0 Å². The molecule has 3 aromatic rings. The number of ether oxygens (including phenoxy) is 1. The maximum Gasteiger partial charge on any atom is 0.348 e. The molecule has 0 aliphatic rings. The van der Waals surface area contributed by atoms with Gasteiger partial charge in [0, 0.05) is 18.1 Å². The van der Waals surface area contributed by atoms with Gasteiger partial charge in [0.05, 0.1) is 5.39 Å². The first-order chi connectivity index (χ1) is 11.5. The molecule has 120 valence electrons. The Morgan fingerprint density at radius 1 is 1.08 bits per heavy atom. The average molecular weight is 321 g/mol. The number of para-hydroxylation sites is 1. The summed E-state index contributed by atoms with van der Waals surface area (Å²) in [7, 11) is 0. The van der Waals surface area contributed by atoms with Gasteiger partial charge >= 0.3 is 5.97 Å². The molecule has 0 bridgehead atoms. The zero-order chi connectivity index (χ0) is 17.3. The van der Waals surface area contributed by atoms with Gasteiger partial charge in [0.15, 0.2) is 16.9 Å². The van der Waals surface area contributed by atoms with E-state index in [0.717, 1.165) is 5.56 Å². The van der Waals surface area contributed by atoms with Gasteiger partial charge in [-0.3, -0.25) is 10.2 Å². The number of fused-ring (bicyclic) bond motifs is 1. The van der Waals surface area contributed by atoms with Crippen LogP contribution in [0.2, 0.25) is 0 Å². The lowest BCUT2D eigenvalue weighted by Gasteiger charge is -2.10. The maximum absolute atomic E-state index is 12.7. The van der Waals surface area contributed by atoms with Crippen molar-refractivity contribution in [2.24, 2.45) is 0 Å². The molecule has 0 aliphatic heterocycles. The summed E-state index contributed by atoms with van der Waals surface area (Å²) in [4.78, 5) is 24.9. The van der Waals surface area contributed by atoms with E-state index in [0.29, 0.717) is 16.7 Å². The van der Waals surface area contributed by atoms with Gasteiger partial charge in [-0.25, -0.2) is 4.79 Å². The summed E-state index contributed by atoms with van der Waals surface area (Å²) in [5, 5.41) is 7.61. The number of benzene rings is 2. The number of hydrogen-bond acceptors (Lipinski definition) is 5. The van der Waals surface area contributed by atoms with E-state index in [-0.39, 0.29) is 22.5 Å². The Kier molecular flexibility index (Phi) is 4.00. The molecular formula is C19H15NO4. The Balaban J connectivity index is 2.30. The van der Waals surface area contributed by atoms with Crippen LogP contribution < -0.4 is 5.43 Å². The largest absolute Gasteiger partial charge is 0.455 e. The monoisotopic (exact) mass is 321 g/mol. The fourth-order valence-corrected chi connectivity index (χ4v) is 2.53. The third-order valence-corrected chi connectivity index (χ3v) is 3.65. The van der Waals surface area contributed by atoms with Crippen molar-refractivity contribution in [3.05, 3.63) is 69.9 Å². The molecule has 0 fully saturated rings. The first-order valence-corrected chi connectivity index (χ1v) is 7.38. The van der Waals surface area contributed by atoms with E-state index in [1.807, 2.05) is 30.3 Å². The van der Waals surface area contributed by atoms with E-state index < -0.39 is 5.97 Å². The van der Waals surface area contributed by atoms with Gasteiger partial charge < -0.3 is 9.15 Å². The number of esters is 1. The summed E-state index contributed by atoms with van der Waals surface area (Å²) in [6.07, 6.45) is 0. The van der Waals surface area contributed by atoms with E-state index in [9.17, 15) is 9.59 Å². The van der Waals surface area contributed by atoms with Crippen LogP contribution >= 0.6 is 0 Å². The van der Waals surface area contributed by atoms with Crippen LogP contribution in [-0.2, 0) is 4.74 Å². The van der Waals surface area contributed by atoms with E-state index in [2.05, 4.69) is 0 Å². The maximum atomic E-state index is 12.7. The molecule has 0 saturated heterocycles. The van der Waals surface area contributed by atoms with E-state index >= 15 is 0 Å². The molecule has 0 saturated carbocycles. The second-order valence-corrected chi connectivity index (χ2v) is 5.38. The van der Waals surface area contributed by atoms with Gasteiger partial charge in [-0.2, -0.15) is 0 Å². The summed E-state index contributed by atoms with van der Waals surface area (Å²) >= 11 is 0. The van der Waals surface area contributed by atoms with Crippen LogP contribution in [-0.4, -0.2) is 11.9 Å². The Morgan fingerprint density at radius 2 is 1.79 bits per heavy atom. The van der Waals surface area contributed by atoms with Gasteiger partial charge in [0.2, 0.25) is 0 Å². The molecule has 0 amide bonds. The minimum absolute atomic E-state index is 0.119. The Labute approximate surface area is 138 Å². The van der Waals surface area contributed by atoms with Crippen LogP contribution in [0.25, 0.3) is 22.3 Å². The zero-order valence-corrected chi connectivity index (χ0v) is 13.3. The summed E-state index contributed by atoms with van der Waals surface area (Å²) < 4.78 is 10.8. The summed E-state index contributed by atoms with van der Waals surface area (Å²) in [5.74, 6) is -0.534. The molecule has 1 N–H and O–H groups in total. The fourth-order valence-electron chi connectivity index (χ4n) is 2.53. The smallest absolute Gasteiger partial charge is 0.348 e. The quantitative estimate of drug-likeness (QED) is 0.440. The highest BCUT2D eigenvalue weighted by atomic mass is 16.5. The van der Waals surface area contributed by atoms with Crippen molar-refractivity contribution >= 4 is 22.8 Å². The van der Waals surface area contributed by atoms with Crippen LogP contribution in [0.3, 0.4) is 0 Å². The first-order valence-electron chi connectivity index (χ1n) is 7.38. The van der Waals surface area contributed by atoms with Crippen molar-refractivity contribution in [3.63, 3.8) is 0 Å². The molecule has 0 atom stereocenters. The van der Waals surface area contributed by atoms with Gasteiger partial charge in [-0.05, 0) is 19.1 Å². The Hall–Kier alpha value is -3.21. The molecule has 5 heteroatoms. The van der Waals surface area contributed by atoms with Crippen LogP contribution in [0.4, 0.5) is 0 Å². The highest BCUT2D eigenvalue weighted by molar-refractivity contribution is 6.05. The van der Waals surface area contributed by atoms with Crippen molar-refractivity contribution in [3.8, 4) is 11.3 Å². The van der Waals surface area contributed by atoms with Gasteiger partial charge in [0.1, 0.15) is 11.3 Å². The average Bonchev–Trinajstić information content (AvgIpc) is 2.57. The van der Waals surface area contributed by atoms with Crippen molar-refractivity contribution in [1.29, 1.82) is 5.41 Å². The number of carbonyl (C=O) groups is 1. The summed E-state index contributed by atoms with van der Waals surface area (Å²) in [5.41, 5.74) is 1.31. The standard InChI is InChI=1S/C19H15NO4/c1-11-16(21)14-9-6-10-15(19(22)23-12(2)20)18(14)24-17(11)13-7-4-3-5-8-13/h3-10,20H,1-2H3. The molecule has 1 heterocycles. The number of carbonyl (C=O) groups excluding carboxylic acids is 1. The Morgan fingerprint density at radius 3 is 2.46 bits per heavy atom. The zero-order valence-electron chi connectivity index (χ0n) is 13.3. The van der Waals surface area contributed by atoms with Crippen LogP contribution in [0.15, 0.2) is 57.7 Å². The lowest BCUT2D eigenvalue weighted by atomic mass is 10.0. The fraction of sp³-hybridized carbons (Fsp3) is 0.105. The first kappa shape index (κ1) is 15.7. The molecule has 0 unspecified atom stereocenters. The minimum Gasteiger partial charge on any atom is -0.455 e. The normalized spacial score (nSPS) is 10.6. The van der Waals surface area contributed by atoms with Crippen LogP contribution in [0, 0.1) is 12.3 Å². The van der Waals surface area contributed by atoms with Gasteiger partial charge in [-0.15, -0.1) is 0 Å². The molecule has 24 heavy (non-hydrogen) atoms. The molecule has 3 rings (SSSR count). The van der Waals surface area contributed by atoms with E-state index in [1.54, 1.807) is 19.1 Å². The molecule has 1 aromatic heterocycles. The lowest BCUT2D eigenvalue weighted by Crippen LogP contribution is -2.12. The predicted molar refractivity (Wildman–Crippen MR) is 91.5 cm³/mol. The lowest BCUT2D eigenvalue weighted by molar-refractivity contribution is 0.0715. The third kappa shape index (κ3) is 2.72. The van der Waals surface area contributed by atoms with Gasteiger partial charge in [0.25, 0.3) is 0 Å². The second-order valence-electron chi connectivity index (χ2n) is 5.38. The van der Waals surface area contributed by atoms with Crippen molar-refractivity contribution in [2.45, 2.75) is 13.8 Å². The number of nitrogens with one attached hydrogen (secondary N) is 1. The van der Waals surface area contributed by atoms with Crippen molar-refractivity contribution in [2.75, 3.05) is 0 Å². The number of hydrogen-bond donors (Lipinski definition) is 1. The highest BCUT2D eigenvalue weighted by Gasteiger charge is 2.19. The topological polar surface area (TPSA) is 80.4 Å². The molecular weight excluding hydrogens is 306 g/mol. The van der Waals surface area contributed by atoms with Crippen molar-refractivity contribution in [1.82, 2.24) is 0 Å².